The molecule has 0 aromatic rings. The maximum atomic E-state index is 2.35. The summed E-state index contributed by atoms with van der Waals surface area (Å²) in [6.07, 6.45) is 5.26. The summed E-state index contributed by atoms with van der Waals surface area (Å²) in [6, 6.07) is 0. The van der Waals surface area contributed by atoms with Crippen molar-refractivity contribution < 1.29 is 0 Å². The van der Waals surface area contributed by atoms with Gasteiger partial charge in [0.1, 0.15) is 0 Å². The van der Waals surface area contributed by atoms with Gasteiger partial charge in [0.2, 0.25) is 0 Å². The first-order chi connectivity index (χ1) is 5.63. The summed E-state index contributed by atoms with van der Waals surface area (Å²) in [5.74, 6) is 0.796. The average Bonchev–Trinajstić information content (AvgIpc) is 2.11. The second kappa shape index (κ2) is 6.28. The van der Waals surface area contributed by atoms with Crippen molar-refractivity contribution in [3.8, 4) is 0 Å². The Balaban J connectivity index is 3.99. The lowest BCUT2D eigenvalue weighted by Crippen LogP contribution is -1.98. The molecule has 0 amide bonds. The molecule has 0 radical (unpaired) electrons. The van der Waals surface area contributed by atoms with Crippen LogP contribution in [0.4, 0.5) is 0 Å². The van der Waals surface area contributed by atoms with E-state index in [9.17, 15) is 0 Å². The van der Waals surface area contributed by atoms with Crippen LogP contribution >= 0.6 is 0 Å². The van der Waals surface area contributed by atoms with E-state index in [0.717, 1.165) is 5.92 Å². The third kappa shape index (κ3) is 3.94. The van der Waals surface area contributed by atoms with Gasteiger partial charge in [-0.05, 0) is 32.6 Å². The van der Waals surface area contributed by atoms with Crippen molar-refractivity contribution in [3.63, 3.8) is 0 Å². The van der Waals surface area contributed by atoms with Crippen LogP contribution in [0.5, 0.6) is 0 Å². The lowest BCUT2D eigenvalue weighted by atomic mass is 9.92. The zero-order valence-corrected chi connectivity index (χ0v) is 9.41. The molecule has 72 valence electrons. The van der Waals surface area contributed by atoms with E-state index >= 15 is 0 Å². The van der Waals surface area contributed by atoms with Gasteiger partial charge in [-0.15, -0.1) is 0 Å². The van der Waals surface area contributed by atoms with Gasteiger partial charge >= 0.3 is 0 Å². The highest BCUT2D eigenvalue weighted by atomic mass is 14.1. The van der Waals surface area contributed by atoms with Crippen molar-refractivity contribution in [2.45, 2.75) is 60.3 Å². The van der Waals surface area contributed by atoms with Gasteiger partial charge in [-0.1, -0.05) is 44.8 Å². The van der Waals surface area contributed by atoms with Crippen LogP contribution in [-0.2, 0) is 0 Å². The van der Waals surface area contributed by atoms with Crippen molar-refractivity contribution in [3.05, 3.63) is 11.1 Å². The Morgan fingerprint density at radius 3 is 2.17 bits per heavy atom. The highest BCUT2D eigenvalue weighted by Gasteiger charge is 2.05. The van der Waals surface area contributed by atoms with Gasteiger partial charge < -0.3 is 0 Å². The second-order valence-corrected chi connectivity index (χ2v) is 3.86. The molecule has 0 heteroatoms. The molecule has 0 aromatic heterocycles. The average molecular weight is 168 g/mol. The molecule has 0 heterocycles. The van der Waals surface area contributed by atoms with Gasteiger partial charge in [0.05, 0.1) is 0 Å². The number of hydrogen-bond donors (Lipinski definition) is 0. The summed E-state index contributed by atoms with van der Waals surface area (Å²) in [6.45, 7) is 11.4. The van der Waals surface area contributed by atoms with Gasteiger partial charge in [-0.2, -0.15) is 0 Å². The molecule has 0 saturated heterocycles. The molecule has 1 atom stereocenters. The van der Waals surface area contributed by atoms with Crippen molar-refractivity contribution in [1.29, 1.82) is 0 Å². The summed E-state index contributed by atoms with van der Waals surface area (Å²) < 4.78 is 0. The first-order valence-electron chi connectivity index (χ1n) is 5.29. The van der Waals surface area contributed by atoms with Gasteiger partial charge in [0.25, 0.3) is 0 Å². The Hall–Kier alpha value is -0.260. The Bertz CT molecular complexity index is 142. The third-order valence-electron chi connectivity index (χ3n) is 2.93. The molecule has 0 aliphatic carbocycles. The molecular formula is C12H24. The van der Waals surface area contributed by atoms with E-state index in [1.807, 2.05) is 0 Å². The van der Waals surface area contributed by atoms with Crippen LogP contribution in [0.25, 0.3) is 0 Å². The molecule has 0 bridgehead atoms. The molecule has 0 aliphatic heterocycles. The first kappa shape index (κ1) is 11.7. The maximum Gasteiger partial charge on any atom is -0.0232 e. The zero-order valence-electron chi connectivity index (χ0n) is 9.41. The number of unbranched alkanes of at least 4 members (excludes halogenated alkanes) is 1. The molecule has 0 aromatic carbocycles. The van der Waals surface area contributed by atoms with Gasteiger partial charge in [-0.25, -0.2) is 0 Å². The molecule has 0 fully saturated rings. The van der Waals surface area contributed by atoms with Crippen LogP contribution in [0.3, 0.4) is 0 Å². The molecule has 12 heavy (non-hydrogen) atoms. The van der Waals surface area contributed by atoms with E-state index in [4.69, 9.17) is 0 Å². The minimum atomic E-state index is 0.796. The molecule has 1 unspecified atom stereocenters. The zero-order chi connectivity index (χ0) is 9.56. The van der Waals surface area contributed by atoms with E-state index in [2.05, 4.69) is 34.6 Å². The Morgan fingerprint density at radius 2 is 1.75 bits per heavy atom. The fourth-order valence-corrected chi connectivity index (χ4v) is 1.43. The monoisotopic (exact) mass is 168 g/mol. The fraction of sp³-hybridized carbons (Fsp3) is 0.833. The summed E-state index contributed by atoms with van der Waals surface area (Å²) in [7, 11) is 0. The van der Waals surface area contributed by atoms with Crippen molar-refractivity contribution >= 4 is 0 Å². The molecule has 0 saturated carbocycles. The fourth-order valence-electron chi connectivity index (χ4n) is 1.43. The largest absolute Gasteiger partial charge is 0.0744 e. The van der Waals surface area contributed by atoms with Gasteiger partial charge in [0.15, 0.2) is 0 Å². The Morgan fingerprint density at radius 1 is 1.17 bits per heavy atom. The van der Waals surface area contributed by atoms with Crippen LogP contribution in [0.1, 0.15) is 60.3 Å². The van der Waals surface area contributed by atoms with Crippen LogP contribution in [-0.4, -0.2) is 0 Å². The number of rotatable bonds is 5. The second-order valence-electron chi connectivity index (χ2n) is 3.86. The first-order valence-corrected chi connectivity index (χ1v) is 5.29. The predicted molar refractivity (Wildman–Crippen MR) is 57.4 cm³/mol. The van der Waals surface area contributed by atoms with Crippen molar-refractivity contribution in [1.82, 2.24) is 0 Å². The smallest absolute Gasteiger partial charge is 0.0232 e. The highest BCUT2D eigenvalue weighted by Crippen LogP contribution is 2.21. The number of hydrogen-bond acceptors (Lipinski definition) is 0. The SMILES string of the molecule is CCCCC(C)C(C)=C(C)CC. The number of allylic oxidation sites excluding steroid dienone is 2. The summed E-state index contributed by atoms with van der Waals surface area (Å²) in [4.78, 5) is 0. The predicted octanol–water partition coefficient (Wildman–Crippen LogP) is 4.56. The lowest BCUT2D eigenvalue weighted by molar-refractivity contribution is 0.566. The van der Waals surface area contributed by atoms with E-state index < -0.39 is 0 Å². The summed E-state index contributed by atoms with van der Waals surface area (Å²) in [5, 5.41) is 0. The lowest BCUT2D eigenvalue weighted by Gasteiger charge is -2.14. The molecule has 0 N–H and O–H groups in total. The molecule has 0 nitrogen and oxygen atoms in total. The van der Waals surface area contributed by atoms with E-state index in [1.54, 1.807) is 11.1 Å². The minimum absolute atomic E-state index is 0.796. The quantitative estimate of drug-likeness (QED) is 0.528. The summed E-state index contributed by atoms with van der Waals surface area (Å²) >= 11 is 0. The molecule has 0 spiro atoms. The van der Waals surface area contributed by atoms with E-state index in [1.165, 1.54) is 25.7 Å². The normalized spacial score (nSPS) is 15.8. The highest BCUT2D eigenvalue weighted by molar-refractivity contribution is 5.11. The van der Waals surface area contributed by atoms with Crippen LogP contribution < -0.4 is 0 Å². The van der Waals surface area contributed by atoms with E-state index in [0.29, 0.717) is 0 Å². The molecule has 0 aliphatic rings. The molecule has 0 rings (SSSR count). The van der Waals surface area contributed by atoms with Crippen LogP contribution in [0.15, 0.2) is 11.1 Å². The topological polar surface area (TPSA) is 0 Å². The van der Waals surface area contributed by atoms with Gasteiger partial charge in [0, 0.05) is 0 Å². The Kier molecular flexibility index (Phi) is 6.14. The van der Waals surface area contributed by atoms with Crippen LogP contribution in [0.2, 0.25) is 0 Å². The Labute approximate surface area is 78.1 Å². The molecular weight excluding hydrogens is 144 g/mol. The van der Waals surface area contributed by atoms with Gasteiger partial charge in [-0.3, -0.25) is 0 Å². The summed E-state index contributed by atoms with van der Waals surface area (Å²) in [5.41, 5.74) is 3.20. The van der Waals surface area contributed by atoms with Crippen LogP contribution in [0, 0.1) is 5.92 Å². The minimum Gasteiger partial charge on any atom is -0.0744 e. The van der Waals surface area contributed by atoms with Crippen molar-refractivity contribution in [2.75, 3.05) is 0 Å². The standard InChI is InChI=1S/C12H24/c1-6-8-9-11(4)12(5)10(3)7-2/h11H,6-9H2,1-5H3. The van der Waals surface area contributed by atoms with Crippen molar-refractivity contribution in [2.24, 2.45) is 5.92 Å². The maximum absolute atomic E-state index is 2.35. The third-order valence-corrected chi connectivity index (χ3v) is 2.93. The van der Waals surface area contributed by atoms with E-state index in [-0.39, 0.29) is 0 Å².